The lowest BCUT2D eigenvalue weighted by Gasteiger charge is -2.21. The first-order chi connectivity index (χ1) is 10.4. The highest BCUT2D eigenvalue weighted by Crippen LogP contribution is 2.13. The largest absolute Gasteiger partial charge is 0.444 e. The van der Waals surface area contributed by atoms with Crippen molar-refractivity contribution in [3.05, 3.63) is 29.8 Å². The number of sulfone groups is 1. The average Bonchev–Trinajstić information content (AvgIpc) is 2.36. The summed E-state index contributed by atoms with van der Waals surface area (Å²) in [5, 5.41) is 2.34. The molecule has 23 heavy (non-hydrogen) atoms. The van der Waals surface area contributed by atoms with Crippen LogP contribution in [0.25, 0.3) is 0 Å². The van der Waals surface area contributed by atoms with Gasteiger partial charge in [-0.1, -0.05) is 17.7 Å². The van der Waals surface area contributed by atoms with Crippen LogP contribution in [0.1, 0.15) is 33.3 Å². The van der Waals surface area contributed by atoms with Gasteiger partial charge in [-0.15, -0.1) is 0 Å². The summed E-state index contributed by atoms with van der Waals surface area (Å²) in [5.74, 6) is -1.27. The van der Waals surface area contributed by atoms with E-state index in [0.29, 0.717) is 0 Å². The van der Waals surface area contributed by atoms with E-state index in [9.17, 15) is 18.0 Å². The summed E-state index contributed by atoms with van der Waals surface area (Å²) in [5.41, 5.74) is 0.233. The van der Waals surface area contributed by atoms with Crippen LogP contribution in [0, 0.1) is 6.92 Å². The standard InChI is InChI=1S/C16H23NO5S/c1-11-6-8-13(9-7-11)23(20,21)10-14(18)12(2)17-15(19)22-16(3,4)5/h6-9,12H,10H2,1-5H3,(H,17,19)/t12-/m0/s1. The number of hydrogen-bond donors (Lipinski definition) is 1. The number of rotatable bonds is 5. The molecule has 1 amide bonds. The van der Waals surface area contributed by atoms with E-state index in [1.807, 2.05) is 6.92 Å². The van der Waals surface area contributed by atoms with E-state index in [4.69, 9.17) is 4.74 Å². The molecule has 0 aliphatic heterocycles. The van der Waals surface area contributed by atoms with Crippen LogP contribution >= 0.6 is 0 Å². The summed E-state index contributed by atoms with van der Waals surface area (Å²) in [4.78, 5) is 23.7. The Bertz CT molecular complexity index is 671. The lowest BCUT2D eigenvalue weighted by molar-refractivity contribution is -0.118. The van der Waals surface area contributed by atoms with Crippen LogP contribution in [-0.2, 0) is 19.4 Å². The first-order valence-corrected chi connectivity index (χ1v) is 8.87. The number of alkyl carbamates (subject to hydrolysis) is 1. The zero-order valence-corrected chi connectivity index (χ0v) is 14.9. The van der Waals surface area contributed by atoms with E-state index in [-0.39, 0.29) is 4.90 Å². The normalized spacial score (nSPS) is 13.3. The van der Waals surface area contributed by atoms with Crippen molar-refractivity contribution in [2.75, 3.05) is 5.75 Å². The molecule has 0 saturated heterocycles. The van der Waals surface area contributed by atoms with Gasteiger partial charge in [0.15, 0.2) is 15.6 Å². The van der Waals surface area contributed by atoms with Crippen molar-refractivity contribution < 1.29 is 22.7 Å². The van der Waals surface area contributed by atoms with E-state index < -0.39 is 39.1 Å². The van der Waals surface area contributed by atoms with Gasteiger partial charge in [0.05, 0.1) is 10.9 Å². The highest BCUT2D eigenvalue weighted by atomic mass is 32.2. The minimum atomic E-state index is -3.73. The molecule has 0 bridgehead atoms. The summed E-state index contributed by atoms with van der Waals surface area (Å²) < 4.78 is 29.5. The van der Waals surface area contributed by atoms with Crippen molar-refractivity contribution in [3.8, 4) is 0 Å². The summed E-state index contributed by atoms with van der Waals surface area (Å²) in [6.45, 7) is 8.36. The molecule has 0 aliphatic carbocycles. The zero-order chi connectivity index (χ0) is 17.8. The number of hydrogen-bond acceptors (Lipinski definition) is 5. The van der Waals surface area contributed by atoms with Crippen molar-refractivity contribution in [2.24, 2.45) is 0 Å². The molecule has 6 nitrogen and oxygen atoms in total. The number of carbonyl (C=O) groups excluding carboxylic acids is 2. The second-order valence-electron chi connectivity index (χ2n) is 6.41. The number of Topliss-reactive ketones (excluding diaryl/α,β-unsaturated/α-hetero) is 1. The van der Waals surface area contributed by atoms with Crippen LogP contribution < -0.4 is 5.32 Å². The van der Waals surface area contributed by atoms with Crippen LogP contribution in [0.2, 0.25) is 0 Å². The predicted molar refractivity (Wildman–Crippen MR) is 87.1 cm³/mol. The lowest BCUT2D eigenvalue weighted by atomic mass is 10.2. The molecule has 0 aromatic heterocycles. The highest BCUT2D eigenvalue weighted by molar-refractivity contribution is 7.92. The fourth-order valence-electron chi connectivity index (χ4n) is 1.71. The third-order valence-electron chi connectivity index (χ3n) is 2.93. The fourth-order valence-corrected chi connectivity index (χ4v) is 3.05. The van der Waals surface area contributed by atoms with Gasteiger partial charge in [-0.05, 0) is 46.8 Å². The molecule has 1 atom stereocenters. The minimum Gasteiger partial charge on any atom is -0.444 e. The number of aryl methyl sites for hydroxylation is 1. The van der Waals surface area contributed by atoms with Gasteiger partial charge in [0, 0.05) is 0 Å². The van der Waals surface area contributed by atoms with Crippen molar-refractivity contribution >= 4 is 21.7 Å². The molecule has 0 unspecified atom stereocenters. The Hall–Kier alpha value is -1.89. The zero-order valence-electron chi connectivity index (χ0n) is 14.0. The summed E-state index contributed by atoms with van der Waals surface area (Å²) in [6.07, 6.45) is -0.758. The molecular formula is C16H23NO5S. The van der Waals surface area contributed by atoms with Gasteiger partial charge < -0.3 is 10.1 Å². The van der Waals surface area contributed by atoms with Crippen LogP contribution in [0.15, 0.2) is 29.2 Å². The molecular weight excluding hydrogens is 318 g/mol. The van der Waals surface area contributed by atoms with Crippen molar-refractivity contribution in [3.63, 3.8) is 0 Å². The molecule has 0 heterocycles. The Morgan fingerprint density at radius 3 is 2.17 bits per heavy atom. The van der Waals surface area contributed by atoms with E-state index in [1.165, 1.54) is 19.1 Å². The first kappa shape index (κ1) is 19.2. The van der Waals surface area contributed by atoms with Gasteiger partial charge in [0.1, 0.15) is 11.4 Å². The van der Waals surface area contributed by atoms with Gasteiger partial charge in [-0.2, -0.15) is 0 Å². The Kier molecular flexibility index (Phi) is 5.93. The summed E-state index contributed by atoms with van der Waals surface area (Å²) >= 11 is 0. The van der Waals surface area contributed by atoms with E-state index in [0.717, 1.165) is 5.56 Å². The summed E-state index contributed by atoms with van der Waals surface area (Å²) in [6, 6.07) is 5.30. The van der Waals surface area contributed by atoms with E-state index in [1.54, 1.807) is 32.9 Å². The summed E-state index contributed by atoms with van der Waals surface area (Å²) in [7, 11) is -3.73. The third-order valence-corrected chi connectivity index (χ3v) is 4.58. The fraction of sp³-hybridized carbons (Fsp3) is 0.500. The van der Waals surface area contributed by atoms with Gasteiger partial charge in [-0.3, -0.25) is 4.79 Å². The van der Waals surface area contributed by atoms with Crippen LogP contribution in [0.4, 0.5) is 4.79 Å². The van der Waals surface area contributed by atoms with Crippen LogP contribution in [0.5, 0.6) is 0 Å². The SMILES string of the molecule is Cc1ccc(S(=O)(=O)CC(=O)[C@H](C)NC(=O)OC(C)(C)C)cc1. The van der Waals surface area contributed by atoms with E-state index in [2.05, 4.69) is 5.32 Å². The number of ketones is 1. The smallest absolute Gasteiger partial charge is 0.408 e. The number of benzene rings is 1. The molecule has 0 fully saturated rings. The molecule has 0 spiro atoms. The highest BCUT2D eigenvalue weighted by Gasteiger charge is 2.25. The Balaban J connectivity index is 2.71. The van der Waals surface area contributed by atoms with Crippen molar-refractivity contribution in [1.82, 2.24) is 5.32 Å². The van der Waals surface area contributed by atoms with Crippen LogP contribution in [-0.4, -0.2) is 37.7 Å². The quantitative estimate of drug-likeness (QED) is 0.887. The number of carbonyl (C=O) groups is 2. The second kappa shape index (κ2) is 7.12. The molecule has 1 aromatic carbocycles. The Morgan fingerprint density at radius 2 is 1.70 bits per heavy atom. The van der Waals surface area contributed by atoms with Gasteiger partial charge in [0.2, 0.25) is 0 Å². The van der Waals surface area contributed by atoms with Crippen molar-refractivity contribution in [2.45, 2.75) is 51.2 Å². The lowest BCUT2D eigenvalue weighted by Crippen LogP contribution is -2.43. The molecule has 1 rings (SSSR count). The Morgan fingerprint density at radius 1 is 1.17 bits per heavy atom. The van der Waals surface area contributed by atoms with Gasteiger partial charge in [0.25, 0.3) is 0 Å². The van der Waals surface area contributed by atoms with E-state index >= 15 is 0 Å². The first-order valence-electron chi connectivity index (χ1n) is 7.22. The molecule has 7 heteroatoms. The molecule has 128 valence electrons. The molecule has 0 saturated carbocycles. The number of amides is 1. The molecule has 0 radical (unpaired) electrons. The predicted octanol–water partition coefficient (Wildman–Crippen LogP) is 2.25. The maximum absolute atomic E-state index is 12.2. The third kappa shape index (κ3) is 6.40. The molecule has 1 N–H and O–H groups in total. The number of nitrogens with one attached hydrogen (secondary N) is 1. The molecule has 0 aliphatic rings. The van der Waals surface area contributed by atoms with Gasteiger partial charge >= 0.3 is 6.09 Å². The second-order valence-corrected chi connectivity index (χ2v) is 8.40. The maximum Gasteiger partial charge on any atom is 0.408 e. The Labute approximate surface area is 137 Å². The molecule has 1 aromatic rings. The van der Waals surface area contributed by atoms with Crippen molar-refractivity contribution in [1.29, 1.82) is 0 Å². The van der Waals surface area contributed by atoms with Gasteiger partial charge in [-0.25, -0.2) is 13.2 Å². The average molecular weight is 341 g/mol. The monoisotopic (exact) mass is 341 g/mol. The maximum atomic E-state index is 12.2. The minimum absolute atomic E-state index is 0.0842. The topological polar surface area (TPSA) is 89.5 Å². The number of ether oxygens (including phenoxy) is 1. The van der Waals surface area contributed by atoms with Crippen LogP contribution in [0.3, 0.4) is 0 Å².